The highest BCUT2D eigenvalue weighted by molar-refractivity contribution is 7.90. The molecule has 0 atom stereocenters. The van der Waals surface area contributed by atoms with E-state index in [1.165, 1.54) is 23.6 Å². The Hall–Kier alpha value is -1.87. The number of nitrogens with zero attached hydrogens (tertiary/aromatic N) is 2. The number of amides is 1. The van der Waals surface area contributed by atoms with Crippen LogP contribution in [-0.2, 0) is 14.6 Å². The number of pyridine rings is 1. The first-order valence-corrected chi connectivity index (χ1v) is 9.93. The van der Waals surface area contributed by atoms with Crippen LogP contribution in [-0.4, -0.2) is 36.3 Å². The Morgan fingerprint density at radius 3 is 2.62 bits per heavy atom. The molecule has 0 saturated heterocycles. The minimum Gasteiger partial charge on any atom is -0.316 e. The summed E-state index contributed by atoms with van der Waals surface area (Å²) in [6.45, 7) is 4.85. The fraction of sp³-hybridized carbons (Fsp3) is 0.400. The molecule has 9 heteroatoms. The van der Waals surface area contributed by atoms with Gasteiger partial charge in [-0.25, -0.2) is 17.8 Å². The van der Waals surface area contributed by atoms with Gasteiger partial charge in [0.25, 0.3) is 0 Å². The number of anilines is 1. The number of thiazole rings is 1. The predicted molar refractivity (Wildman–Crippen MR) is 92.2 cm³/mol. The molecule has 0 saturated carbocycles. The molecular formula is C15H18FN3O3S2. The van der Waals surface area contributed by atoms with Crippen molar-refractivity contribution < 1.29 is 17.6 Å². The topological polar surface area (TPSA) is 89.0 Å². The lowest BCUT2D eigenvalue weighted by molar-refractivity contribution is -0.122. The molecule has 2 aromatic rings. The Kier molecular flexibility index (Phi) is 5.05. The number of hydrogen-bond donors (Lipinski definition) is 1. The van der Waals surface area contributed by atoms with Gasteiger partial charge < -0.3 is 5.32 Å². The molecule has 24 heavy (non-hydrogen) atoms. The summed E-state index contributed by atoms with van der Waals surface area (Å²) >= 11 is 1.18. The molecule has 2 aromatic heterocycles. The molecule has 2 rings (SSSR count). The highest BCUT2D eigenvalue weighted by Crippen LogP contribution is 2.33. The zero-order valence-corrected chi connectivity index (χ0v) is 15.4. The van der Waals surface area contributed by atoms with E-state index in [0.717, 1.165) is 12.5 Å². The largest absolute Gasteiger partial charge is 0.316 e. The average molecular weight is 371 g/mol. The molecule has 0 radical (unpaired) electrons. The number of nitrogens with one attached hydrogen (secondary N) is 1. The molecule has 0 unspecified atom stereocenters. The van der Waals surface area contributed by atoms with Gasteiger partial charge >= 0.3 is 0 Å². The van der Waals surface area contributed by atoms with Crippen LogP contribution in [0.25, 0.3) is 10.6 Å². The maximum absolute atomic E-state index is 13.3. The van der Waals surface area contributed by atoms with Gasteiger partial charge in [0.2, 0.25) is 5.91 Å². The summed E-state index contributed by atoms with van der Waals surface area (Å²) in [5.74, 6) is -1.14. The maximum atomic E-state index is 13.3. The second-order valence-corrected chi connectivity index (χ2v) is 9.37. The van der Waals surface area contributed by atoms with E-state index < -0.39 is 27.0 Å². The number of carbonyl (C=O) groups excluding carboxylic acids is 1. The number of carbonyl (C=O) groups is 1. The molecule has 0 fully saturated rings. The van der Waals surface area contributed by atoms with Gasteiger partial charge in [0.1, 0.15) is 25.7 Å². The van der Waals surface area contributed by atoms with Crippen molar-refractivity contribution in [3.63, 3.8) is 0 Å². The Morgan fingerprint density at radius 1 is 1.38 bits per heavy atom. The van der Waals surface area contributed by atoms with Crippen LogP contribution in [0, 0.1) is 18.2 Å². The molecule has 0 bridgehead atoms. The van der Waals surface area contributed by atoms with Crippen molar-refractivity contribution in [2.75, 3.05) is 17.3 Å². The third-order valence-corrected chi connectivity index (χ3v) is 5.58. The average Bonchev–Trinajstić information content (AvgIpc) is 2.77. The lowest BCUT2D eigenvalue weighted by Crippen LogP contribution is -2.36. The van der Waals surface area contributed by atoms with Crippen LogP contribution in [0.15, 0.2) is 18.5 Å². The molecule has 0 aromatic carbocycles. The Labute approximate surface area is 144 Å². The van der Waals surface area contributed by atoms with E-state index in [1.807, 2.05) is 0 Å². The fourth-order valence-corrected chi connectivity index (χ4v) is 4.54. The summed E-state index contributed by atoms with van der Waals surface area (Å²) in [5.41, 5.74) is 0.00618. The van der Waals surface area contributed by atoms with E-state index in [1.54, 1.807) is 20.8 Å². The van der Waals surface area contributed by atoms with Gasteiger partial charge in [-0.05, 0) is 13.0 Å². The van der Waals surface area contributed by atoms with Crippen molar-refractivity contribution in [1.29, 1.82) is 0 Å². The molecule has 0 aliphatic rings. The van der Waals surface area contributed by atoms with Crippen molar-refractivity contribution in [2.45, 2.75) is 20.8 Å². The number of hydrogen-bond acceptors (Lipinski definition) is 6. The van der Waals surface area contributed by atoms with E-state index >= 15 is 0 Å². The van der Waals surface area contributed by atoms with Crippen LogP contribution >= 0.6 is 11.3 Å². The summed E-state index contributed by atoms with van der Waals surface area (Å²) < 4.78 is 36.2. The van der Waals surface area contributed by atoms with Crippen molar-refractivity contribution >= 4 is 32.1 Å². The first kappa shape index (κ1) is 18.5. The minimum absolute atomic E-state index is 0.260. The number of sulfone groups is 1. The van der Waals surface area contributed by atoms with Crippen LogP contribution in [0.2, 0.25) is 0 Å². The summed E-state index contributed by atoms with van der Waals surface area (Å²) in [7, 11) is -3.29. The van der Waals surface area contributed by atoms with Crippen LogP contribution < -0.4 is 5.32 Å². The normalized spacial score (nSPS) is 12.2. The van der Waals surface area contributed by atoms with Gasteiger partial charge in [0, 0.05) is 18.0 Å². The fourth-order valence-electron chi connectivity index (χ4n) is 2.16. The van der Waals surface area contributed by atoms with Gasteiger partial charge in [-0.2, -0.15) is 0 Å². The number of rotatable bonds is 5. The first-order chi connectivity index (χ1) is 11.0. The van der Waals surface area contributed by atoms with Gasteiger partial charge in [-0.3, -0.25) is 9.78 Å². The third kappa shape index (κ3) is 4.57. The van der Waals surface area contributed by atoms with Crippen molar-refractivity contribution in [2.24, 2.45) is 5.41 Å². The van der Waals surface area contributed by atoms with Crippen LogP contribution in [0.4, 0.5) is 9.39 Å². The molecule has 2 heterocycles. The van der Waals surface area contributed by atoms with E-state index in [-0.39, 0.29) is 5.75 Å². The number of aromatic nitrogens is 2. The van der Waals surface area contributed by atoms with Gasteiger partial charge in [-0.1, -0.05) is 25.2 Å². The molecule has 0 aliphatic heterocycles. The number of halogens is 1. The second kappa shape index (κ2) is 6.56. The summed E-state index contributed by atoms with van der Waals surface area (Å²) in [6.07, 6.45) is 3.68. The molecule has 1 amide bonds. The quantitative estimate of drug-likeness (QED) is 0.873. The van der Waals surface area contributed by atoms with E-state index in [4.69, 9.17) is 0 Å². The van der Waals surface area contributed by atoms with Crippen molar-refractivity contribution in [3.05, 3.63) is 30.0 Å². The Balaban J connectivity index is 2.23. The zero-order valence-electron chi connectivity index (χ0n) is 13.8. The predicted octanol–water partition coefficient (Wildman–Crippen LogP) is 2.66. The summed E-state index contributed by atoms with van der Waals surface area (Å²) in [6, 6.07) is 1.31. The van der Waals surface area contributed by atoms with E-state index in [0.29, 0.717) is 21.3 Å². The van der Waals surface area contributed by atoms with Crippen LogP contribution in [0.1, 0.15) is 19.5 Å². The van der Waals surface area contributed by atoms with E-state index in [2.05, 4.69) is 15.3 Å². The lowest BCUT2D eigenvalue weighted by Gasteiger charge is -2.22. The zero-order chi connectivity index (χ0) is 18.1. The van der Waals surface area contributed by atoms with Gasteiger partial charge in [-0.15, -0.1) is 0 Å². The molecular weight excluding hydrogens is 353 g/mol. The minimum atomic E-state index is -3.29. The summed E-state index contributed by atoms with van der Waals surface area (Å²) in [5, 5.41) is 3.74. The summed E-state index contributed by atoms with van der Waals surface area (Å²) in [4.78, 5) is 20.5. The standard InChI is InChI=1S/C15H18FN3O3S2/c1-9-12(19-14(20)15(2,3)8-24(4,21)22)23-13(18-9)10-5-11(16)7-17-6-10/h5-7H,8H2,1-4H3,(H,19,20). The highest BCUT2D eigenvalue weighted by Gasteiger charge is 2.32. The second-order valence-electron chi connectivity index (χ2n) is 6.23. The number of aryl methyl sites for hydroxylation is 1. The smallest absolute Gasteiger partial charge is 0.231 e. The molecule has 0 spiro atoms. The van der Waals surface area contributed by atoms with Crippen LogP contribution in [0.5, 0.6) is 0 Å². The highest BCUT2D eigenvalue weighted by atomic mass is 32.2. The third-order valence-electron chi connectivity index (χ3n) is 3.21. The van der Waals surface area contributed by atoms with Gasteiger partial charge in [0.15, 0.2) is 0 Å². The maximum Gasteiger partial charge on any atom is 0.231 e. The molecule has 0 aliphatic carbocycles. The van der Waals surface area contributed by atoms with Crippen molar-refractivity contribution in [1.82, 2.24) is 9.97 Å². The van der Waals surface area contributed by atoms with Crippen molar-refractivity contribution in [3.8, 4) is 10.6 Å². The van der Waals surface area contributed by atoms with Crippen LogP contribution in [0.3, 0.4) is 0 Å². The first-order valence-electron chi connectivity index (χ1n) is 7.05. The monoisotopic (exact) mass is 371 g/mol. The molecule has 1 N–H and O–H groups in total. The Morgan fingerprint density at radius 2 is 2.04 bits per heavy atom. The van der Waals surface area contributed by atoms with Gasteiger partial charge in [0.05, 0.1) is 23.1 Å². The molecule has 130 valence electrons. The van der Waals surface area contributed by atoms with E-state index in [9.17, 15) is 17.6 Å². The Bertz CT molecular complexity index is 876. The molecule has 6 nitrogen and oxygen atoms in total. The SMILES string of the molecule is Cc1nc(-c2cncc(F)c2)sc1NC(=O)C(C)(C)CS(C)(=O)=O. The lowest BCUT2D eigenvalue weighted by atomic mass is 9.95.